The first-order valence-electron chi connectivity index (χ1n) is 4.80. The summed E-state index contributed by atoms with van der Waals surface area (Å²) in [6, 6.07) is 5.49. The Morgan fingerprint density at radius 2 is 2.31 bits per heavy atom. The second-order valence-electron chi connectivity index (χ2n) is 3.53. The average molecular weight is 254 g/mol. The Morgan fingerprint density at radius 3 is 3.00 bits per heavy atom. The van der Waals surface area contributed by atoms with Crippen LogP contribution in [-0.2, 0) is 6.54 Å². The third-order valence-electron chi connectivity index (χ3n) is 2.28. The van der Waals surface area contributed by atoms with Gasteiger partial charge in [-0.3, -0.25) is 4.98 Å². The zero-order valence-corrected chi connectivity index (χ0v) is 10.4. The Balaban J connectivity index is 2.20. The van der Waals surface area contributed by atoms with Gasteiger partial charge in [0.1, 0.15) is 0 Å². The summed E-state index contributed by atoms with van der Waals surface area (Å²) in [5.41, 5.74) is 9.41. The van der Waals surface area contributed by atoms with Crippen LogP contribution in [0.1, 0.15) is 4.88 Å². The van der Waals surface area contributed by atoms with Gasteiger partial charge in [-0.25, -0.2) is 0 Å². The van der Waals surface area contributed by atoms with Crippen LogP contribution < -0.4 is 10.6 Å². The Bertz CT molecular complexity index is 470. The highest BCUT2D eigenvalue weighted by molar-refractivity contribution is 7.09. The molecule has 0 aliphatic rings. The molecule has 0 amide bonds. The van der Waals surface area contributed by atoms with Crippen LogP contribution in [0.15, 0.2) is 29.9 Å². The third-order valence-corrected chi connectivity index (χ3v) is 3.28. The second-order valence-corrected chi connectivity index (χ2v) is 4.93. The minimum atomic E-state index is 0.695. The smallest absolute Gasteiger partial charge is 0.0794 e. The van der Waals surface area contributed by atoms with Gasteiger partial charge in [0.2, 0.25) is 0 Å². The lowest BCUT2D eigenvalue weighted by Gasteiger charge is -2.20. The van der Waals surface area contributed by atoms with Gasteiger partial charge < -0.3 is 10.6 Å². The van der Waals surface area contributed by atoms with E-state index in [2.05, 4.69) is 9.88 Å². The SMILES string of the molecule is CN(Cc1cncs1)c1cc(Cl)ccc1N. The predicted molar refractivity (Wildman–Crippen MR) is 70.1 cm³/mol. The highest BCUT2D eigenvalue weighted by Gasteiger charge is 2.07. The lowest BCUT2D eigenvalue weighted by Crippen LogP contribution is -2.17. The number of hydrogen-bond acceptors (Lipinski definition) is 4. The number of halogens is 1. The molecule has 1 aromatic heterocycles. The van der Waals surface area contributed by atoms with E-state index in [1.807, 2.05) is 30.9 Å². The molecule has 0 aliphatic carbocycles. The molecule has 1 heterocycles. The van der Waals surface area contributed by atoms with Gasteiger partial charge in [0.15, 0.2) is 0 Å². The van der Waals surface area contributed by atoms with Crippen molar-refractivity contribution in [1.29, 1.82) is 0 Å². The molecule has 2 aromatic rings. The highest BCUT2D eigenvalue weighted by atomic mass is 35.5. The number of aromatic nitrogens is 1. The number of thiazole rings is 1. The van der Waals surface area contributed by atoms with Crippen molar-refractivity contribution < 1.29 is 0 Å². The van der Waals surface area contributed by atoms with Crippen LogP contribution in [0.2, 0.25) is 5.02 Å². The summed E-state index contributed by atoms with van der Waals surface area (Å²) in [7, 11) is 1.99. The maximum atomic E-state index is 5.95. The number of nitrogens with zero attached hydrogens (tertiary/aromatic N) is 2. The van der Waals surface area contributed by atoms with E-state index in [4.69, 9.17) is 17.3 Å². The molecule has 0 radical (unpaired) electrons. The van der Waals surface area contributed by atoms with Crippen LogP contribution in [0.3, 0.4) is 0 Å². The van der Waals surface area contributed by atoms with Crippen LogP contribution in [0, 0.1) is 0 Å². The lowest BCUT2D eigenvalue weighted by molar-refractivity contribution is 0.939. The molecule has 0 unspecified atom stereocenters. The molecule has 0 bridgehead atoms. The molecular formula is C11H12ClN3S. The average Bonchev–Trinajstić information content (AvgIpc) is 2.74. The van der Waals surface area contributed by atoms with Gasteiger partial charge in [-0.15, -0.1) is 11.3 Å². The van der Waals surface area contributed by atoms with Gasteiger partial charge in [0.25, 0.3) is 0 Å². The van der Waals surface area contributed by atoms with Crippen LogP contribution in [0.25, 0.3) is 0 Å². The topological polar surface area (TPSA) is 42.2 Å². The van der Waals surface area contributed by atoms with Crippen molar-refractivity contribution in [3.05, 3.63) is 39.8 Å². The molecule has 3 nitrogen and oxygen atoms in total. The number of benzene rings is 1. The molecule has 5 heteroatoms. The molecule has 84 valence electrons. The summed E-state index contributed by atoms with van der Waals surface area (Å²) >= 11 is 7.58. The molecular weight excluding hydrogens is 242 g/mol. The van der Waals surface area contributed by atoms with E-state index in [0.29, 0.717) is 5.02 Å². The molecule has 0 saturated carbocycles. The molecule has 0 aliphatic heterocycles. The van der Waals surface area contributed by atoms with Crippen LogP contribution >= 0.6 is 22.9 Å². The van der Waals surface area contributed by atoms with Crippen molar-refractivity contribution in [1.82, 2.24) is 4.98 Å². The first-order valence-corrected chi connectivity index (χ1v) is 6.06. The fourth-order valence-corrected chi connectivity index (χ4v) is 2.30. The Hall–Kier alpha value is -1.26. The third kappa shape index (κ3) is 2.46. The van der Waals surface area contributed by atoms with Crippen molar-refractivity contribution in [2.45, 2.75) is 6.54 Å². The van der Waals surface area contributed by atoms with E-state index in [-0.39, 0.29) is 0 Å². The quantitative estimate of drug-likeness (QED) is 0.855. The molecule has 1 aromatic carbocycles. The minimum absolute atomic E-state index is 0.695. The molecule has 0 fully saturated rings. The molecule has 0 atom stereocenters. The number of anilines is 2. The summed E-state index contributed by atoms with van der Waals surface area (Å²) in [6.07, 6.45) is 1.86. The van der Waals surface area contributed by atoms with Crippen molar-refractivity contribution in [3.8, 4) is 0 Å². The van der Waals surface area contributed by atoms with E-state index >= 15 is 0 Å². The molecule has 0 spiro atoms. The predicted octanol–water partition coefficient (Wildman–Crippen LogP) is 3.02. The zero-order valence-electron chi connectivity index (χ0n) is 8.85. The number of nitrogen functional groups attached to an aromatic ring is 1. The van der Waals surface area contributed by atoms with Crippen LogP contribution in [-0.4, -0.2) is 12.0 Å². The Kier molecular flexibility index (Phi) is 3.31. The Morgan fingerprint density at radius 1 is 1.50 bits per heavy atom. The summed E-state index contributed by atoms with van der Waals surface area (Å²) in [5, 5.41) is 0.695. The van der Waals surface area contributed by atoms with E-state index < -0.39 is 0 Å². The van der Waals surface area contributed by atoms with Crippen molar-refractivity contribution in [2.75, 3.05) is 17.7 Å². The van der Waals surface area contributed by atoms with Gasteiger partial charge >= 0.3 is 0 Å². The summed E-state index contributed by atoms with van der Waals surface area (Å²) in [5.74, 6) is 0. The first kappa shape index (κ1) is 11.2. The summed E-state index contributed by atoms with van der Waals surface area (Å²) in [4.78, 5) is 7.30. The van der Waals surface area contributed by atoms with E-state index in [9.17, 15) is 0 Å². The van der Waals surface area contributed by atoms with Crippen molar-refractivity contribution in [3.63, 3.8) is 0 Å². The van der Waals surface area contributed by atoms with Crippen molar-refractivity contribution in [2.24, 2.45) is 0 Å². The van der Waals surface area contributed by atoms with Gasteiger partial charge in [0, 0.05) is 23.1 Å². The first-order chi connectivity index (χ1) is 7.66. The van der Waals surface area contributed by atoms with Crippen LogP contribution in [0.4, 0.5) is 11.4 Å². The summed E-state index contributed by atoms with van der Waals surface area (Å²) < 4.78 is 0. The van der Waals surface area contributed by atoms with Gasteiger partial charge in [-0.1, -0.05) is 11.6 Å². The lowest BCUT2D eigenvalue weighted by atomic mass is 10.2. The maximum Gasteiger partial charge on any atom is 0.0794 e. The van der Waals surface area contributed by atoms with E-state index in [1.165, 1.54) is 4.88 Å². The fourth-order valence-electron chi connectivity index (χ4n) is 1.49. The second kappa shape index (κ2) is 4.72. The number of rotatable bonds is 3. The molecule has 0 saturated heterocycles. The van der Waals surface area contributed by atoms with Gasteiger partial charge in [-0.05, 0) is 18.2 Å². The fraction of sp³-hybridized carbons (Fsp3) is 0.182. The van der Waals surface area contributed by atoms with Gasteiger partial charge in [-0.2, -0.15) is 0 Å². The Labute approximate surface area is 103 Å². The molecule has 2 rings (SSSR count). The highest BCUT2D eigenvalue weighted by Crippen LogP contribution is 2.27. The van der Waals surface area contributed by atoms with Gasteiger partial charge in [0.05, 0.1) is 23.4 Å². The van der Waals surface area contributed by atoms with Crippen LogP contribution in [0.5, 0.6) is 0 Å². The van der Waals surface area contributed by atoms with E-state index in [1.54, 1.807) is 17.4 Å². The number of nitrogens with two attached hydrogens (primary N) is 1. The minimum Gasteiger partial charge on any atom is -0.397 e. The summed E-state index contributed by atoms with van der Waals surface area (Å²) in [6.45, 7) is 0.787. The standard InChI is InChI=1S/C11H12ClN3S/c1-15(6-9-5-14-7-16-9)11-4-8(12)2-3-10(11)13/h2-5,7H,6,13H2,1H3. The maximum absolute atomic E-state index is 5.95. The molecule has 16 heavy (non-hydrogen) atoms. The van der Waals surface area contributed by atoms with E-state index in [0.717, 1.165) is 17.9 Å². The zero-order chi connectivity index (χ0) is 11.5. The normalized spacial score (nSPS) is 10.4. The monoisotopic (exact) mass is 253 g/mol. The molecule has 2 N–H and O–H groups in total. The van der Waals surface area contributed by atoms with Crippen molar-refractivity contribution >= 4 is 34.3 Å². The largest absolute Gasteiger partial charge is 0.397 e. The number of hydrogen-bond donors (Lipinski definition) is 1.